The molecule has 0 saturated heterocycles. The van der Waals surface area contributed by atoms with Crippen molar-refractivity contribution in [2.75, 3.05) is 26.3 Å². The van der Waals surface area contributed by atoms with Crippen molar-refractivity contribution >= 4 is 18.0 Å². The Morgan fingerprint density at radius 1 is 0.941 bits per heavy atom. The van der Waals surface area contributed by atoms with Gasteiger partial charge >= 0.3 is 12.1 Å². The van der Waals surface area contributed by atoms with Crippen LogP contribution in [0.2, 0.25) is 0 Å². The second kappa shape index (κ2) is 12.2. The van der Waals surface area contributed by atoms with Crippen LogP contribution < -0.4 is 10.6 Å². The van der Waals surface area contributed by atoms with E-state index in [2.05, 4.69) is 34.9 Å². The Labute approximate surface area is 199 Å². The van der Waals surface area contributed by atoms with Gasteiger partial charge in [-0.2, -0.15) is 0 Å². The number of rotatable bonds is 12. The van der Waals surface area contributed by atoms with Crippen LogP contribution in [0.3, 0.4) is 0 Å². The quantitative estimate of drug-likeness (QED) is 0.439. The van der Waals surface area contributed by atoms with Crippen molar-refractivity contribution in [3.05, 3.63) is 59.7 Å². The van der Waals surface area contributed by atoms with Crippen molar-refractivity contribution in [3.8, 4) is 11.1 Å². The topological polar surface area (TPSA) is 114 Å². The third-order valence-corrected chi connectivity index (χ3v) is 5.80. The van der Waals surface area contributed by atoms with Gasteiger partial charge in [0, 0.05) is 32.0 Å². The molecule has 1 aliphatic rings. The van der Waals surface area contributed by atoms with Crippen LogP contribution in [0.25, 0.3) is 11.1 Å². The zero-order valence-corrected chi connectivity index (χ0v) is 19.6. The lowest BCUT2D eigenvalue weighted by atomic mass is 9.98. The largest absolute Gasteiger partial charge is 0.481 e. The minimum atomic E-state index is -0.902. The van der Waals surface area contributed by atoms with E-state index < -0.39 is 18.2 Å². The van der Waals surface area contributed by atoms with Crippen LogP contribution in [0.4, 0.5) is 4.79 Å². The lowest BCUT2D eigenvalue weighted by Crippen LogP contribution is -2.39. The summed E-state index contributed by atoms with van der Waals surface area (Å²) in [5.41, 5.74) is 4.59. The highest BCUT2D eigenvalue weighted by Gasteiger charge is 2.29. The molecule has 2 aromatic carbocycles. The van der Waals surface area contributed by atoms with Gasteiger partial charge in [-0.15, -0.1) is 0 Å². The standard InChI is InChI=1S/C26H32N2O6/c1-3-33-18(13-24(29)27-14-17(2)12-25(30)31)15-28-26(32)34-16-23-21-10-6-4-8-19(21)20-9-5-7-11-22(20)23/h4-11,17-18,23H,3,12-16H2,1-2H3,(H,27,29)(H,28,32)(H,30,31). The number of carboxylic acids is 1. The van der Waals surface area contributed by atoms with Crippen LogP contribution in [0.15, 0.2) is 48.5 Å². The fraction of sp³-hybridized carbons (Fsp3) is 0.423. The predicted molar refractivity (Wildman–Crippen MR) is 128 cm³/mol. The summed E-state index contributed by atoms with van der Waals surface area (Å²) in [5.74, 6) is -1.36. The number of ether oxygens (including phenoxy) is 2. The Kier molecular flexibility index (Phi) is 9.04. The Morgan fingerprint density at radius 2 is 1.56 bits per heavy atom. The predicted octanol–water partition coefficient (Wildman–Crippen LogP) is 3.55. The third kappa shape index (κ3) is 6.81. The van der Waals surface area contributed by atoms with Gasteiger partial charge in [0.05, 0.1) is 12.5 Å². The van der Waals surface area contributed by atoms with Crippen LogP contribution in [0, 0.1) is 5.92 Å². The van der Waals surface area contributed by atoms with Crippen molar-refractivity contribution < 1.29 is 29.0 Å². The molecular weight excluding hydrogens is 436 g/mol. The summed E-state index contributed by atoms with van der Waals surface area (Å²) in [7, 11) is 0. The smallest absolute Gasteiger partial charge is 0.407 e. The summed E-state index contributed by atoms with van der Waals surface area (Å²) < 4.78 is 11.1. The van der Waals surface area contributed by atoms with E-state index in [4.69, 9.17) is 14.6 Å². The monoisotopic (exact) mass is 468 g/mol. The summed E-state index contributed by atoms with van der Waals surface area (Å²) >= 11 is 0. The van der Waals surface area contributed by atoms with Gasteiger partial charge in [0.25, 0.3) is 0 Å². The molecule has 0 heterocycles. The molecule has 3 rings (SSSR count). The van der Waals surface area contributed by atoms with E-state index >= 15 is 0 Å². The lowest BCUT2D eigenvalue weighted by Gasteiger charge is -2.19. The number of hydrogen-bond donors (Lipinski definition) is 3. The number of alkyl carbamates (subject to hydrolysis) is 1. The number of amides is 2. The van der Waals surface area contributed by atoms with Crippen LogP contribution >= 0.6 is 0 Å². The second-order valence-corrected chi connectivity index (χ2v) is 8.50. The summed E-state index contributed by atoms with van der Waals surface area (Å²) in [4.78, 5) is 35.3. The van der Waals surface area contributed by atoms with E-state index in [1.807, 2.05) is 31.2 Å². The van der Waals surface area contributed by atoms with Crippen LogP contribution in [0.1, 0.15) is 43.7 Å². The van der Waals surface area contributed by atoms with Crippen molar-refractivity contribution in [2.45, 2.75) is 38.7 Å². The van der Waals surface area contributed by atoms with Crippen molar-refractivity contribution in [1.82, 2.24) is 10.6 Å². The SMILES string of the molecule is CCOC(CNC(=O)OCC1c2ccccc2-c2ccccc21)CC(=O)NCC(C)CC(=O)O. The number of carboxylic acid groups (broad SMARTS) is 1. The molecule has 2 aromatic rings. The van der Waals surface area contributed by atoms with Gasteiger partial charge in [-0.3, -0.25) is 9.59 Å². The van der Waals surface area contributed by atoms with E-state index in [1.165, 1.54) is 0 Å². The van der Waals surface area contributed by atoms with Gasteiger partial charge < -0.3 is 25.2 Å². The van der Waals surface area contributed by atoms with Crippen molar-refractivity contribution in [3.63, 3.8) is 0 Å². The molecule has 8 heteroatoms. The summed E-state index contributed by atoms with van der Waals surface area (Å²) in [6.07, 6.45) is -1.04. The molecule has 0 aliphatic heterocycles. The number of carbonyl (C=O) groups is 3. The van der Waals surface area contributed by atoms with E-state index in [0.29, 0.717) is 6.61 Å². The minimum absolute atomic E-state index is 0.0154. The first-order valence-electron chi connectivity index (χ1n) is 11.6. The molecule has 34 heavy (non-hydrogen) atoms. The molecule has 2 atom stereocenters. The van der Waals surface area contributed by atoms with Gasteiger partial charge in [0.1, 0.15) is 6.61 Å². The first-order chi connectivity index (χ1) is 16.4. The second-order valence-electron chi connectivity index (χ2n) is 8.50. The zero-order chi connectivity index (χ0) is 24.5. The highest BCUT2D eigenvalue weighted by molar-refractivity contribution is 5.79. The molecule has 0 fully saturated rings. The Balaban J connectivity index is 1.47. The zero-order valence-electron chi connectivity index (χ0n) is 19.6. The van der Waals surface area contributed by atoms with Gasteiger partial charge in [-0.05, 0) is 35.1 Å². The van der Waals surface area contributed by atoms with Crippen LogP contribution in [-0.2, 0) is 19.1 Å². The molecule has 3 N–H and O–H groups in total. The summed E-state index contributed by atoms with van der Waals surface area (Å²) in [6.45, 7) is 4.56. The molecule has 0 saturated carbocycles. The first kappa shape index (κ1) is 25.2. The average Bonchev–Trinajstić information content (AvgIpc) is 3.13. The lowest BCUT2D eigenvalue weighted by molar-refractivity contribution is -0.138. The Hall–Kier alpha value is -3.39. The summed E-state index contributed by atoms with van der Waals surface area (Å²) in [5, 5.41) is 14.2. The number of hydrogen-bond acceptors (Lipinski definition) is 5. The number of aliphatic carboxylic acids is 1. The number of nitrogens with one attached hydrogen (secondary N) is 2. The van der Waals surface area contributed by atoms with E-state index in [9.17, 15) is 14.4 Å². The van der Waals surface area contributed by atoms with E-state index in [1.54, 1.807) is 6.92 Å². The normalized spacial score (nSPS) is 13.9. The van der Waals surface area contributed by atoms with Gasteiger partial charge in [0.2, 0.25) is 5.91 Å². The fourth-order valence-electron chi connectivity index (χ4n) is 4.21. The molecule has 0 spiro atoms. The molecule has 8 nitrogen and oxygen atoms in total. The minimum Gasteiger partial charge on any atom is -0.481 e. The highest BCUT2D eigenvalue weighted by Crippen LogP contribution is 2.44. The number of fused-ring (bicyclic) bond motifs is 3. The first-order valence-corrected chi connectivity index (χ1v) is 11.6. The Bertz CT molecular complexity index is 963. The van der Waals surface area contributed by atoms with Crippen molar-refractivity contribution in [2.24, 2.45) is 5.92 Å². The Morgan fingerprint density at radius 3 is 2.15 bits per heavy atom. The summed E-state index contributed by atoms with van der Waals surface area (Å²) in [6, 6.07) is 16.2. The molecule has 2 amide bonds. The maximum absolute atomic E-state index is 12.4. The van der Waals surface area contributed by atoms with Gasteiger partial charge in [-0.1, -0.05) is 55.5 Å². The highest BCUT2D eigenvalue weighted by atomic mass is 16.5. The molecule has 0 aromatic heterocycles. The molecule has 182 valence electrons. The van der Waals surface area contributed by atoms with Crippen LogP contribution in [0.5, 0.6) is 0 Å². The van der Waals surface area contributed by atoms with Gasteiger partial charge in [-0.25, -0.2) is 4.79 Å². The maximum atomic E-state index is 12.4. The molecule has 1 aliphatic carbocycles. The molecule has 2 unspecified atom stereocenters. The molecular formula is C26H32N2O6. The van der Waals surface area contributed by atoms with E-state index in [0.717, 1.165) is 22.3 Å². The number of benzene rings is 2. The van der Waals surface area contributed by atoms with E-state index in [-0.39, 0.29) is 50.3 Å². The van der Waals surface area contributed by atoms with Gasteiger partial charge in [0.15, 0.2) is 0 Å². The van der Waals surface area contributed by atoms with Crippen molar-refractivity contribution in [1.29, 1.82) is 0 Å². The number of carbonyl (C=O) groups excluding carboxylic acids is 2. The van der Waals surface area contributed by atoms with Crippen LogP contribution in [-0.4, -0.2) is 55.5 Å². The molecule has 0 bridgehead atoms. The average molecular weight is 469 g/mol. The maximum Gasteiger partial charge on any atom is 0.407 e. The molecule has 0 radical (unpaired) electrons. The third-order valence-electron chi connectivity index (χ3n) is 5.80. The fourth-order valence-corrected chi connectivity index (χ4v) is 4.21.